The van der Waals surface area contributed by atoms with Crippen molar-refractivity contribution in [3.63, 3.8) is 0 Å². The molecule has 2 N–H and O–H groups in total. The summed E-state index contributed by atoms with van der Waals surface area (Å²) < 4.78 is 18.9. The maximum absolute atomic E-state index is 13.3. The van der Waals surface area contributed by atoms with Gasteiger partial charge in [0.15, 0.2) is 0 Å². The Hall–Kier alpha value is -3.67. The number of methoxy groups -OCH3 is 1. The summed E-state index contributed by atoms with van der Waals surface area (Å²) in [4.78, 5) is 10.8. The zero-order valence-electron chi connectivity index (χ0n) is 18.8. The van der Waals surface area contributed by atoms with Gasteiger partial charge in [-0.15, -0.1) is 0 Å². The summed E-state index contributed by atoms with van der Waals surface area (Å²) in [5, 5.41) is 0. The lowest BCUT2D eigenvalue weighted by atomic mass is 9.98. The lowest BCUT2D eigenvalue weighted by molar-refractivity contribution is 0.412. The van der Waals surface area contributed by atoms with Gasteiger partial charge >= 0.3 is 0 Å². The van der Waals surface area contributed by atoms with E-state index in [-0.39, 0.29) is 5.82 Å². The van der Waals surface area contributed by atoms with Crippen molar-refractivity contribution in [3.8, 4) is 16.9 Å². The Bertz CT molecular complexity index is 1100. The zero-order chi connectivity index (χ0) is 23.1. The van der Waals surface area contributed by atoms with E-state index in [9.17, 15) is 4.39 Å². The summed E-state index contributed by atoms with van der Waals surface area (Å²) in [6.45, 7) is 8.41. The highest BCUT2D eigenvalue weighted by molar-refractivity contribution is 6.01. The van der Waals surface area contributed by atoms with Crippen LogP contribution in [-0.4, -0.2) is 30.6 Å². The molecule has 5 nitrogen and oxygen atoms in total. The fourth-order valence-corrected chi connectivity index (χ4v) is 3.31. The van der Waals surface area contributed by atoms with Crippen LogP contribution in [0.2, 0.25) is 0 Å². The molecule has 0 unspecified atom stereocenters. The number of rotatable bonds is 8. The van der Waals surface area contributed by atoms with E-state index in [2.05, 4.69) is 29.6 Å². The number of nitrogens with zero attached hydrogens (tertiary/aromatic N) is 3. The molecule has 0 bridgehead atoms. The van der Waals surface area contributed by atoms with Gasteiger partial charge in [-0.1, -0.05) is 38.1 Å². The fraction of sp³-hybridized carbons (Fsp3) is 0.231. The minimum atomic E-state index is -0.280. The van der Waals surface area contributed by atoms with Crippen LogP contribution in [0.15, 0.2) is 82.8 Å². The first-order valence-corrected chi connectivity index (χ1v) is 10.6. The van der Waals surface area contributed by atoms with Crippen molar-refractivity contribution >= 4 is 12.1 Å². The third kappa shape index (κ3) is 5.52. The molecule has 0 saturated carbocycles. The van der Waals surface area contributed by atoms with Crippen LogP contribution in [-0.2, 0) is 0 Å². The van der Waals surface area contributed by atoms with Crippen molar-refractivity contribution in [1.82, 2.24) is 4.90 Å². The Kier molecular flexibility index (Phi) is 7.60. The van der Waals surface area contributed by atoms with Crippen molar-refractivity contribution in [3.05, 3.63) is 89.8 Å². The molecular weight excluding hydrogens is 403 g/mol. The molecule has 166 valence electrons. The Morgan fingerprint density at radius 3 is 2.69 bits per heavy atom. The molecule has 6 heteroatoms. The first-order chi connectivity index (χ1) is 15.4. The highest BCUT2D eigenvalue weighted by atomic mass is 19.1. The van der Waals surface area contributed by atoms with Gasteiger partial charge in [0.1, 0.15) is 23.2 Å². The third-order valence-corrected chi connectivity index (χ3v) is 5.17. The largest absolute Gasteiger partial charge is 0.496 e. The van der Waals surface area contributed by atoms with E-state index in [0.29, 0.717) is 24.0 Å². The standard InChI is InChI=1S/C26H29FN4O/c1-5-6-7-12-31-17-20(15-29-19(31)3)16-30-26(28)24-13-22(14-25(32-4)18(24)2)21-8-10-23(27)11-9-21/h7-15,17H,3,5-6,16H2,1-2,4H3,(H2,28,30)/b12-7-. The number of amidine groups is 1. The second-order valence-electron chi connectivity index (χ2n) is 7.52. The number of halogens is 1. The number of hydrogen-bond donors (Lipinski definition) is 1. The van der Waals surface area contributed by atoms with E-state index < -0.39 is 0 Å². The molecule has 0 atom stereocenters. The number of aliphatic imine (C=N–C) groups is 2. The van der Waals surface area contributed by atoms with E-state index in [1.807, 2.05) is 36.4 Å². The van der Waals surface area contributed by atoms with Crippen LogP contribution >= 0.6 is 0 Å². The molecule has 3 rings (SSSR count). The molecule has 0 saturated heterocycles. The van der Waals surface area contributed by atoms with Gasteiger partial charge in [-0.25, -0.2) is 9.38 Å². The molecule has 0 spiro atoms. The van der Waals surface area contributed by atoms with Gasteiger partial charge in [0.2, 0.25) is 0 Å². The van der Waals surface area contributed by atoms with Gasteiger partial charge in [0.05, 0.1) is 13.7 Å². The van der Waals surface area contributed by atoms with Crippen LogP contribution in [0.3, 0.4) is 0 Å². The van der Waals surface area contributed by atoms with Crippen LogP contribution in [0, 0.1) is 12.7 Å². The first kappa shape index (κ1) is 23.0. The molecule has 0 aromatic heterocycles. The van der Waals surface area contributed by atoms with E-state index >= 15 is 0 Å². The number of unbranched alkanes of at least 4 members (excludes halogenated alkanes) is 1. The minimum absolute atomic E-state index is 0.280. The molecule has 1 aliphatic rings. The fourth-order valence-electron chi connectivity index (χ4n) is 3.31. The second-order valence-corrected chi connectivity index (χ2v) is 7.52. The monoisotopic (exact) mass is 432 g/mol. The molecule has 0 fully saturated rings. The average Bonchev–Trinajstić information content (AvgIpc) is 2.80. The van der Waals surface area contributed by atoms with Crippen LogP contribution in [0.5, 0.6) is 5.75 Å². The molecule has 0 aliphatic carbocycles. The molecule has 0 amide bonds. The molecule has 2 aromatic rings. The number of allylic oxidation sites excluding steroid dienone is 1. The smallest absolute Gasteiger partial charge is 0.129 e. The Balaban J connectivity index is 1.87. The normalized spacial score (nSPS) is 14.2. The van der Waals surface area contributed by atoms with Crippen molar-refractivity contribution in [2.24, 2.45) is 15.7 Å². The van der Waals surface area contributed by atoms with Crippen molar-refractivity contribution in [2.45, 2.75) is 26.7 Å². The lowest BCUT2D eigenvalue weighted by Gasteiger charge is -2.20. The van der Waals surface area contributed by atoms with Gasteiger partial charge < -0.3 is 15.4 Å². The maximum Gasteiger partial charge on any atom is 0.129 e. The van der Waals surface area contributed by atoms with Gasteiger partial charge in [0.25, 0.3) is 0 Å². The first-order valence-electron chi connectivity index (χ1n) is 10.6. The third-order valence-electron chi connectivity index (χ3n) is 5.17. The van der Waals surface area contributed by atoms with Crippen molar-refractivity contribution in [1.29, 1.82) is 0 Å². The Morgan fingerprint density at radius 1 is 1.25 bits per heavy atom. The molecular formula is C26H29FN4O. The maximum atomic E-state index is 13.3. The Morgan fingerprint density at radius 2 is 2.00 bits per heavy atom. The molecule has 2 aromatic carbocycles. The second kappa shape index (κ2) is 10.6. The molecule has 1 aliphatic heterocycles. The SMILES string of the molecule is C=C1N=CC(CN=C(N)c2cc(-c3ccc(F)cc3)cc(OC)c2C)=CN1/C=C\CCC. The summed E-state index contributed by atoms with van der Waals surface area (Å²) in [6.07, 6.45) is 9.85. The van der Waals surface area contributed by atoms with E-state index in [1.54, 1.807) is 25.5 Å². The summed E-state index contributed by atoms with van der Waals surface area (Å²) in [7, 11) is 1.62. The van der Waals surface area contributed by atoms with Crippen molar-refractivity contribution < 1.29 is 9.13 Å². The van der Waals surface area contributed by atoms with Crippen LogP contribution in [0.1, 0.15) is 30.9 Å². The number of benzene rings is 2. The number of nitrogens with two attached hydrogens (primary N) is 1. The van der Waals surface area contributed by atoms with E-state index in [0.717, 1.165) is 40.7 Å². The summed E-state index contributed by atoms with van der Waals surface area (Å²) in [5.74, 6) is 1.47. The predicted octanol–water partition coefficient (Wildman–Crippen LogP) is 5.57. The van der Waals surface area contributed by atoms with Gasteiger partial charge in [-0.3, -0.25) is 4.99 Å². The van der Waals surface area contributed by atoms with Crippen LogP contribution in [0.25, 0.3) is 11.1 Å². The summed E-state index contributed by atoms with van der Waals surface area (Å²) in [5.41, 5.74) is 10.7. The average molecular weight is 433 g/mol. The highest BCUT2D eigenvalue weighted by Gasteiger charge is 2.13. The summed E-state index contributed by atoms with van der Waals surface area (Å²) >= 11 is 0. The minimum Gasteiger partial charge on any atom is -0.496 e. The molecule has 1 heterocycles. The van der Waals surface area contributed by atoms with E-state index in [4.69, 9.17) is 10.5 Å². The molecule has 32 heavy (non-hydrogen) atoms. The van der Waals surface area contributed by atoms with Gasteiger partial charge in [0, 0.05) is 35.3 Å². The quantitative estimate of drug-likeness (QED) is 0.438. The van der Waals surface area contributed by atoms with Crippen LogP contribution in [0.4, 0.5) is 4.39 Å². The van der Waals surface area contributed by atoms with Crippen LogP contribution < -0.4 is 10.5 Å². The Labute approximate surface area is 189 Å². The molecule has 0 radical (unpaired) electrons. The zero-order valence-corrected chi connectivity index (χ0v) is 18.8. The van der Waals surface area contributed by atoms with E-state index in [1.165, 1.54) is 12.1 Å². The number of ether oxygens (including phenoxy) is 1. The topological polar surface area (TPSA) is 63.2 Å². The highest BCUT2D eigenvalue weighted by Crippen LogP contribution is 2.30. The summed E-state index contributed by atoms with van der Waals surface area (Å²) in [6, 6.07) is 10.2. The predicted molar refractivity (Wildman–Crippen MR) is 130 cm³/mol. The lowest BCUT2D eigenvalue weighted by Crippen LogP contribution is -2.18. The van der Waals surface area contributed by atoms with Crippen molar-refractivity contribution in [2.75, 3.05) is 13.7 Å². The van der Waals surface area contributed by atoms with Gasteiger partial charge in [-0.2, -0.15) is 0 Å². The van der Waals surface area contributed by atoms with Gasteiger partial charge in [-0.05, 0) is 48.7 Å². The number of hydrogen-bond acceptors (Lipinski definition) is 4.